The van der Waals surface area contributed by atoms with Gasteiger partial charge in [0.1, 0.15) is 17.2 Å². The van der Waals surface area contributed by atoms with Crippen molar-refractivity contribution >= 4 is 12.2 Å². The Labute approximate surface area is 119 Å². The van der Waals surface area contributed by atoms with Crippen molar-refractivity contribution in [1.29, 1.82) is 0 Å². The molecule has 2 rings (SSSR count). The molecule has 0 spiro atoms. The summed E-state index contributed by atoms with van der Waals surface area (Å²) in [6.45, 7) is 1.96. The molecule has 2 aromatic rings. The first-order valence-corrected chi connectivity index (χ1v) is 6.34. The third kappa shape index (κ3) is 3.12. The Bertz CT molecular complexity index is 588. The third-order valence-electron chi connectivity index (χ3n) is 3.14. The lowest BCUT2D eigenvalue weighted by Gasteiger charge is -2.10. The number of phenolic OH excluding ortho intramolecular Hbond substituents is 1. The largest absolute Gasteiger partial charge is 0.508 e. The lowest BCUT2D eigenvalue weighted by molar-refractivity contribution is 0.388. The highest BCUT2D eigenvalue weighted by atomic mass is 16.5. The molecule has 0 saturated carbocycles. The molecule has 1 N–H and O–H groups in total. The molecule has 104 valence electrons. The van der Waals surface area contributed by atoms with Crippen LogP contribution in [0.25, 0.3) is 12.2 Å². The van der Waals surface area contributed by atoms with Crippen molar-refractivity contribution in [1.82, 2.24) is 0 Å². The zero-order valence-electron chi connectivity index (χ0n) is 11.9. The molecule has 0 aliphatic carbocycles. The van der Waals surface area contributed by atoms with Crippen molar-refractivity contribution in [2.75, 3.05) is 14.2 Å². The lowest BCUT2D eigenvalue weighted by Crippen LogP contribution is -1.93. The summed E-state index contributed by atoms with van der Waals surface area (Å²) >= 11 is 0. The Kier molecular flexibility index (Phi) is 4.31. The standard InChI is InChI=1S/C17H18O3/c1-12-16(19-2)10-14(11-17(12)20-3)5-4-13-6-8-15(18)9-7-13/h4-11,18H,1-3H3/b5-4-. The van der Waals surface area contributed by atoms with Gasteiger partial charge in [-0.05, 0) is 42.3 Å². The molecule has 0 saturated heterocycles. The Hall–Kier alpha value is -2.42. The van der Waals surface area contributed by atoms with E-state index in [4.69, 9.17) is 9.47 Å². The highest BCUT2D eigenvalue weighted by Gasteiger charge is 2.06. The van der Waals surface area contributed by atoms with Gasteiger partial charge in [-0.25, -0.2) is 0 Å². The van der Waals surface area contributed by atoms with Crippen LogP contribution in [0, 0.1) is 6.92 Å². The summed E-state index contributed by atoms with van der Waals surface area (Å²) in [4.78, 5) is 0. The van der Waals surface area contributed by atoms with Gasteiger partial charge < -0.3 is 14.6 Å². The molecule has 20 heavy (non-hydrogen) atoms. The number of phenols is 1. The van der Waals surface area contributed by atoms with E-state index in [0.29, 0.717) is 0 Å². The average Bonchev–Trinajstić information content (AvgIpc) is 2.47. The monoisotopic (exact) mass is 270 g/mol. The van der Waals surface area contributed by atoms with Crippen molar-refractivity contribution in [2.24, 2.45) is 0 Å². The second-order valence-electron chi connectivity index (χ2n) is 4.48. The summed E-state index contributed by atoms with van der Waals surface area (Å²) in [5, 5.41) is 9.25. The quantitative estimate of drug-likeness (QED) is 0.857. The molecular formula is C17H18O3. The predicted molar refractivity (Wildman–Crippen MR) is 81.3 cm³/mol. The summed E-state index contributed by atoms with van der Waals surface area (Å²) in [5.74, 6) is 1.87. The molecule has 0 heterocycles. The van der Waals surface area contributed by atoms with Crippen molar-refractivity contribution < 1.29 is 14.6 Å². The van der Waals surface area contributed by atoms with E-state index in [1.807, 2.05) is 43.3 Å². The van der Waals surface area contributed by atoms with Crippen LogP contribution < -0.4 is 9.47 Å². The number of ether oxygens (including phenoxy) is 2. The maximum Gasteiger partial charge on any atom is 0.126 e. The summed E-state index contributed by atoms with van der Waals surface area (Å²) in [6.07, 6.45) is 3.96. The summed E-state index contributed by atoms with van der Waals surface area (Å²) < 4.78 is 10.7. The molecule has 0 aromatic heterocycles. The number of aromatic hydroxyl groups is 1. The van der Waals surface area contributed by atoms with E-state index >= 15 is 0 Å². The van der Waals surface area contributed by atoms with Crippen LogP contribution in [0.3, 0.4) is 0 Å². The smallest absolute Gasteiger partial charge is 0.126 e. The highest BCUT2D eigenvalue weighted by Crippen LogP contribution is 2.30. The fourth-order valence-electron chi connectivity index (χ4n) is 1.98. The topological polar surface area (TPSA) is 38.7 Å². The number of rotatable bonds is 4. The van der Waals surface area contributed by atoms with E-state index in [0.717, 1.165) is 28.2 Å². The molecule has 3 nitrogen and oxygen atoms in total. The van der Waals surface area contributed by atoms with E-state index in [1.165, 1.54) is 0 Å². The maximum atomic E-state index is 9.25. The first-order valence-electron chi connectivity index (χ1n) is 6.34. The molecule has 0 unspecified atom stereocenters. The molecule has 0 aliphatic heterocycles. The summed E-state index contributed by atoms with van der Waals surface area (Å²) in [7, 11) is 3.30. The predicted octanol–water partition coefficient (Wildman–Crippen LogP) is 3.89. The van der Waals surface area contributed by atoms with Crippen molar-refractivity contribution in [3.8, 4) is 17.2 Å². The molecular weight excluding hydrogens is 252 g/mol. The highest BCUT2D eigenvalue weighted by molar-refractivity contribution is 5.72. The van der Waals surface area contributed by atoms with Crippen LogP contribution >= 0.6 is 0 Å². The number of methoxy groups -OCH3 is 2. The van der Waals surface area contributed by atoms with Crippen LogP contribution in [0.5, 0.6) is 17.2 Å². The molecule has 2 aromatic carbocycles. The minimum Gasteiger partial charge on any atom is -0.508 e. The first kappa shape index (κ1) is 14.0. The van der Waals surface area contributed by atoms with Gasteiger partial charge in [0.15, 0.2) is 0 Å². The average molecular weight is 270 g/mol. The van der Waals surface area contributed by atoms with Crippen LogP contribution in [-0.4, -0.2) is 19.3 Å². The van der Waals surface area contributed by atoms with E-state index in [2.05, 4.69) is 0 Å². The Morgan fingerprint density at radius 3 is 1.85 bits per heavy atom. The van der Waals surface area contributed by atoms with Gasteiger partial charge in [-0.3, -0.25) is 0 Å². The Morgan fingerprint density at radius 1 is 0.850 bits per heavy atom. The van der Waals surface area contributed by atoms with E-state index in [1.54, 1.807) is 26.4 Å². The van der Waals surface area contributed by atoms with E-state index in [-0.39, 0.29) is 5.75 Å². The van der Waals surface area contributed by atoms with Crippen molar-refractivity contribution in [3.63, 3.8) is 0 Å². The molecule has 0 amide bonds. The van der Waals surface area contributed by atoms with Crippen LogP contribution in [0.2, 0.25) is 0 Å². The minimum atomic E-state index is 0.265. The number of benzene rings is 2. The molecule has 0 fully saturated rings. The molecule has 3 heteroatoms. The fourth-order valence-corrected chi connectivity index (χ4v) is 1.98. The Balaban J connectivity index is 2.31. The summed E-state index contributed by atoms with van der Waals surface area (Å²) in [5.41, 5.74) is 3.00. The van der Waals surface area contributed by atoms with Gasteiger partial charge in [0.05, 0.1) is 14.2 Å². The van der Waals surface area contributed by atoms with Crippen molar-refractivity contribution in [2.45, 2.75) is 6.92 Å². The number of hydrogen-bond acceptors (Lipinski definition) is 3. The summed E-state index contributed by atoms with van der Waals surface area (Å²) in [6, 6.07) is 11.0. The van der Waals surface area contributed by atoms with Crippen LogP contribution in [-0.2, 0) is 0 Å². The molecule has 0 atom stereocenters. The fraction of sp³-hybridized carbons (Fsp3) is 0.176. The van der Waals surface area contributed by atoms with E-state index < -0.39 is 0 Å². The zero-order valence-corrected chi connectivity index (χ0v) is 11.9. The zero-order chi connectivity index (χ0) is 14.5. The lowest BCUT2D eigenvalue weighted by atomic mass is 10.1. The van der Waals surface area contributed by atoms with Gasteiger partial charge in [0.25, 0.3) is 0 Å². The van der Waals surface area contributed by atoms with Crippen LogP contribution in [0.4, 0.5) is 0 Å². The normalized spacial score (nSPS) is 10.8. The number of hydrogen-bond donors (Lipinski definition) is 1. The van der Waals surface area contributed by atoms with Crippen LogP contribution in [0.15, 0.2) is 36.4 Å². The molecule has 0 bridgehead atoms. The maximum absolute atomic E-state index is 9.25. The van der Waals surface area contributed by atoms with E-state index in [9.17, 15) is 5.11 Å². The van der Waals surface area contributed by atoms with Gasteiger partial charge >= 0.3 is 0 Å². The molecule has 0 aliphatic rings. The van der Waals surface area contributed by atoms with Crippen LogP contribution in [0.1, 0.15) is 16.7 Å². The van der Waals surface area contributed by atoms with Gasteiger partial charge in [-0.15, -0.1) is 0 Å². The van der Waals surface area contributed by atoms with Crippen molar-refractivity contribution in [3.05, 3.63) is 53.1 Å². The van der Waals surface area contributed by atoms with Gasteiger partial charge in [-0.1, -0.05) is 24.3 Å². The Morgan fingerprint density at radius 2 is 1.35 bits per heavy atom. The minimum absolute atomic E-state index is 0.265. The first-order chi connectivity index (χ1) is 9.63. The third-order valence-corrected chi connectivity index (χ3v) is 3.14. The van der Waals surface area contributed by atoms with Gasteiger partial charge in [-0.2, -0.15) is 0 Å². The second-order valence-corrected chi connectivity index (χ2v) is 4.48. The SMILES string of the molecule is COc1cc(/C=C\c2ccc(O)cc2)cc(OC)c1C. The molecule has 0 radical (unpaired) electrons. The van der Waals surface area contributed by atoms with Gasteiger partial charge in [0.2, 0.25) is 0 Å². The second kappa shape index (κ2) is 6.15. The van der Waals surface area contributed by atoms with Gasteiger partial charge in [0, 0.05) is 5.56 Å².